The summed E-state index contributed by atoms with van der Waals surface area (Å²) in [5, 5.41) is 9.51. The van der Waals surface area contributed by atoms with Gasteiger partial charge in [-0.3, -0.25) is 4.79 Å². The molecule has 0 unspecified atom stereocenters. The van der Waals surface area contributed by atoms with Crippen molar-refractivity contribution in [3.63, 3.8) is 0 Å². The Bertz CT molecular complexity index is 1030. The highest BCUT2D eigenvalue weighted by Crippen LogP contribution is 2.46. The molecule has 1 aliphatic carbocycles. The molecule has 0 radical (unpaired) electrons. The number of Topliss-reactive ketones (excluding diaryl/α,β-unsaturated/α-hetero) is 1. The van der Waals surface area contributed by atoms with Crippen LogP contribution in [0.15, 0.2) is 63.8 Å². The highest BCUT2D eigenvalue weighted by atomic mass is 19.2. The fourth-order valence-electron chi connectivity index (χ4n) is 3.66. The van der Waals surface area contributed by atoms with Crippen LogP contribution in [0.4, 0.5) is 8.78 Å². The van der Waals surface area contributed by atoms with Crippen molar-refractivity contribution in [1.29, 1.82) is 5.26 Å². The lowest BCUT2D eigenvalue weighted by Crippen LogP contribution is -2.29. The number of furan rings is 1. The van der Waals surface area contributed by atoms with Gasteiger partial charge in [0, 0.05) is 24.3 Å². The Balaban J connectivity index is 1.82. The minimum Gasteiger partial charge on any atom is -0.469 e. The van der Waals surface area contributed by atoms with E-state index in [2.05, 4.69) is 0 Å². The lowest BCUT2D eigenvalue weighted by atomic mass is 9.74. The average Bonchev–Trinajstić information content (AvgIpc) is 3.17. The normalized spacial score (nSPS) is 22.3. The molecule has 1 aliphatic heterocycles. The predicted molar refractivity (Wildman–Crippen MR) is 89.7 cm³/mol. The van der Waals surface area contributed by atoms with Crippen LogP contribution in [-0.4, -0.2) is 5.78 Å². The SMILES string of the molecule is N#CC1=C(N)OC2=C(C(=O)C[C@H](c3ccco3)C2)[C@@H]1c1ccc(F)c(F)c1. The van der Waals surface area contributed by atoms with E-state index in [1.54, 1.807) is 12.1 Å². The number of nitriles is 1. The number of nitrogens with zero attached hydrogens (tertiary/aromatic N) is 1. The maximum absolute atomic E-state index is 13.8. The molecule has 4 rings (SSSR count). The van der Waals surface area contributed by atoms with Crippen LogP contribution in [0.25, 0.3) is 0 Å². The molecule has 0 saturated carbocycles. The van der Waals surface area contributed by atoms with Crippen molar-refractivity contribution in [2.75, 3.05) is 0 Å². The molecule has 0 spiro atoms. The van der Waals surface area contributed by atoms with E-state index in [9.17, 15) is 18.8 Å². The number of rotatable bonds is 2. The fourth-order valence-corrected chi connectivity index (χ4v) is 3.66. The summed E-state index contributed by atoms with van der Waals surface area (Å²) in [7, 11) is 0. The summed E-state index contributed by atoms with van der Waals surface area (Å²) in [6.07, 6.45) is 2.04. The van der Waals surface area contributed by atoms with Gasteiger partial charge in [0.2, 0.25) is 5.88 Å². The molecule has 27 heavy (non-hydrogen) atoms. The van der Waals surface area contributed by atoms with Crippen molar-refractivity contribution in [3.8, 4) is 6.07 Å². The van der Waals surface area contributed by atoms with E-state index in [0.717, 1.165) is 12.1 Å². The Hall–Kier alpha value is -3.40. The van der Waals surface area contributed by atoms with Gasteiger partial charge in [-0.05, 0) is 29.8 Å². The molecule has 2 heterocycles. The Labute approximate surface area is 153 Å². The number of hydrogen-bond acceptors (Lipinski definition) is 5. The summed E-state index contributed by atoms with van der Waals surface area (Å²) in [6.45, 7) is 0. The molecule has 0 fully saturated rings. The van der Waals surface area contributed by atoms with Crippen molar-refractivity contribution in [2.45, 2.75) is 24.7 Å². The second-order valence-corrected chi connectivity index (χ2v) is 6.48. The summed E-state index contributed by atoms with van der Waals surface area (Å²) in [5.74, 6) is -2.58. The summed E-state index contributed by atoms with van der Waals surface area (Å²) >= 11 is 0. The average molecular weight is 368 g/mol. The van der Waals surface area contributed by atoms with Crippen LogP contribution in [0.5, 0.6) is 0 Å². The second kappa shape index (κ2) is 6.40. The van der Waals surface area contributed by atoms with Crippen molar-refractivity contribution < 1.29 is 22.7 Å². The van der Waals surface area contributed by atoms with Crippen LogP contribution < -0.4 is 5.73 Å². The lowest BCUT2D eigenvalue weighted by molar-refractivity contribution is -0.117. The van der Waals surface area contributed by atoms with Gasteiger partial charge < -0.3 is 14.9 Å². The van der Waals surface area contributed by atoms with Gasteiger partial charge in [-0.25, -0.2) is 8.78 Å². The van der Waals surface area contributed by atoms with E-state index in [-0.39, 0.29) is 40.7 Å². The van der Waals surface area contributed by atoms with Gasteiger partial charge in [0.15, 0.2) is 17.4 Å². The first-order valence-corrected chi connectivity index (χ1v) is 8.31. The molecular formula is C20H14F2N2O3. The highest BCUT2D eigenvalue weighted by molar-refractivity contribution is 6.00. The third-order valence-electron chi connectivity index (χ3n) is 4.88. The predicted octanol–water partition coefficient (Wildman–Crippen LogP) is 3.77. The lowest BCUT2D eigenvalue weighted by Gasteiger charge is -2.33. The summed E-state index contributed by atoms with van der Waals surface area (Å²) < 4.78 is 38.1. The molecule has 7 heteroatoms. The molecule has 136 valence electrons. The van der Waals surface area contributed by atoms with Crippen molar-refractivity contribution in [1.82, 2.24) is 0 Å². The first kappa shape index (κ1) is 17.0. The zero-order chi connectivity index (χ0) is 19.1. The van der Waals surface area contributed by atoms with E-state index in [4.69, 9.17) is 14.9 Å². The number of allylic oxidation sites excluding steroid dienone is 3. The number of carbonyl (C=O) groups excluding carboxylic acids is 1. The van der Waals surface area contributed by atoms with Crippen LogP contribution in [0.2, 0.25) is 0 Å². The number of nitrogens with two attached hydrogens (primary N) is 1. The third kappa shape index (κ3) is 2.79. The number of benzene rings is 1. The largest absolute Gasteiger partial charge is 0.469 e. The third-order valence-corrected chi connectivity index (χ3v) is 4.88. The van der Waals surface area contributed by atoms with E-state index in [1.807, 2.05) is 6.07 Å². The number of halogens is 2. The molecule has 2 aromatic rings. The van der Waals surface area contributed by atoms with Crippen molar-refractivity contribution >= 4 is 5.78 Å². The Morgan fingerprint density at radius 2 is 2.00 bits per heavy atom. The smallest absolute Gasteiger partial charge is 0.205 e. The van der Waals surface area contributed by atoms with E-state index < -0.39 is 17.6 Å². The minimum atomic E-state index is -1.06. The number of ketones is 1. The van der Waals surface area contributed by atoms with E-state index in [0.29, 0.717) is 17.9 Å². The Kier molecular flexibility index (Phi) is 4.04. The first-order valence-electron chi connectivity index (χ1n) is 8.31. The quantitative estimate of drug-likeness (QED) is 0.872. The van der Waals surface area contributed by atoms with Gasteiger partial charge in [-0.2, -0.15) is 5.26 Å². The van der Waals surface area contributed by atoms with Gasteiger partial charge in [0.05, 0.1) is 12.2 Å². The van der Waals surface area contributed by atoms with Gasteiger partial charge in [0.1, 0.15) is 23.2 Å². The molecule has 2 atom stereocenters. The Morgan fingerprint density at radius 1 is 1.19 bits per heavy atom. The van der Waals surface area contributed by atoms with Crippen LogP contribution in [0, 0.1) is 23.0 Å². The van der Waals surface area contributed by atoms with Gasteiger partial charge in [-0.1, -0.05) is 6.07 Å². The van der Waals surface area contributed by atoms with Crippen LogP contribution in [0.3, 0.4) is 0 Å². The highest BCUT2D eigenvalue weighted by Gasteiger charge is 2.41. The van der Waals surface area contributed by atoms with Gasteiger partial charge >= 0.3 is 0 Å². The second-order valence-electron chi connectivity index (χ2n) is 6.48. The standard InChI is InChI=1S/C20H14F2N2O3/c21-13-4-3-10(6-14(13)22)18-12(9-23)20(24)27-17-8-11(7-15(25)19(17)18)16-2-1-5-26-16/h1-6,11,18H,7-8,24H2/t11-,18+/m0/s1. The topological polar surface area (TPSA) is 89.3 Å². The molecular weight excluding hydrogens is 354 g/mol. The molecule has 5 nitrogen and oxygen atoms in total. The zero-order valence-corrected chi connectivity index (χ0v) is 14.0. The van der Waals surface area contributed by atoms with Crippen LogP contribution >= 0.6 is 0 Å². The van der Waals surface area contributed by atoms with Gasteiger partial charge in [-0.15, -0.1) is 0 Å². The molecule has 0 amide bonds. The summed E-state index contributed by atoms with van der Waals surface area (Å²) in [5.41, 5.74) is 6.44. The number of ether oxygens (including phenoxy) is 1. The first-order chi connectivity index (χ1) is 13.0. The van der Waals surface area contributed by atoms with Crippen LogP contribution in [0.1, 0.15) is 36.0 Å². The van der Waals surface area contributed by atoms with Crippen molar-refractivity contribution in [2.24, 2.45) is 5.73 Å². The molecule has 2 N–H and O–H groups in total. The molecule has 2 aliphatic rings. The Morgan fingerprint density at radius 3 is 2.67 bits per heavy atom. The van der Waals surface area contributed by atoms with Crippen molar-refractivity contribution in [3.05, 3.63) is 82.3 Å². The summed E-state index contributed by atoms with van der Waals surface area (Å²) in [4.78, 5) is 12.9. The maximum Gasteiger partial charge on any atom is 0.205 e. The molecule has 1 aromatic carbocycles. The minimum absolute atomic E-state index is 0.00422. The van der Waals surface area contributed by atoms with E-state index in [1.165, 1.54) is 12.3 Å². The maximum atomic E-state index is 13.8. The fraction of sp³-hybridized carbons (Fsp3) is 0.200. The van der Waals surface area contributed by atoms with E-state index >= 15 is 0 Å². The summed E-state index contributed by atoms with van der Waals surface area (Å²) in [6, 6.07) is 8.73. The van der Waals surface area contributed by atoms with Gasteiger partial charge in [0.25, 0.3) is 0 Å². The number of hydrogen-bond donors (Lipinski definition) is 1. The van der Waals surface area contributed by atoms with Crippen LogP contribution in [-0.2, 0) is 9.53 Å². The molecule has 1 aromatic heterocycles. The molecule has 0 bridgehead atoms. The zero-order valence-electron chi connectivity index (χ0n) is 14.0. The number of carbonyl (C=O) groups is 1. The monoisotopic (exact) mass is 368 g/mol. The molecule has 0 saturated heterocycles.